The van der Waals surface area contributed by atoms with Crippen LogP contribution in [-0.2, 0) is 0 Å². The van der Waals surface area contributed by atoms with Crippen molar-refractivity contribution in [3.05, 3.63) is 23.8 Å². The van der Waals surface area contributed by atoms with E-state index in [9.17, 15) is 5.11 Å². The van der Waals surface area contributed by atoms with Crippen molar-refractivity contribution in [1.82, 2.24) is 0 Å². The lowest BCUT2D eigenvalue weighted by molar-refractivity contribution is -0.00393. The summed E-state index contributed by atoms with van der Waals surface area (Å²) in [6, 6.07) is 5.56. The van der Waals surface area contributed by atoms with Gasteiger partial charge in [0.25, 0.3) is 0 Å². The minimum Gasteiger partial charge on any atom is -0.497 e. The highest BCUT2D eigenvalue weighted by molar-refractivity contribution is 5.43. The number of ether oxygens (including phenoxy) is 2. The van der Waals surface area contributed by atoms with Crippen LogP contribution in [0.5, 0.6) is 11.5 Å². The van der Waals surface area contributed by atoms with Crippen molar-refractivity contribution >= 4 is 0 Å². The predicted molar refractivity (Wildman–Crippen MR) is 61.9 cm³/mol. The maximum Gasteiger partial charge on any atom is 0.126 e. The van der Waals surface area contributed by atoms with Crippen molar-refractivity contribution in [2.45, 2.75) is 38.4 Å². The van der Waals surface area contributed by atoms with Crippen LogP contribution in [0.2, 0.25) is 0 Å². The van der Waals surface area contributed by atoms with Crippen LogP contribution < -0.4 is 9.47 Å². The minimum absolute atomic E-state index is 0.263. The monoisotopic (exact) mass is 222 g/mol. The zero-order valence-corrected chi connectivity index (χ0v) is 9.99. The van der Waals surface area contributed by atoms with Gasteiger partial charge in [0.1, 0.15) is 17.1 Å². The summed E-state index contributed by atoms with van der Waals surface area (Å²) in [5.74, 6) is 1.52. The van der Waals surface area contributed by atoms with Crippen LogP contribution >= 0.6 is 0 Å². The van der Waals surface area contributed by atoms with E-state index in [1.807, 2.05) is 25.1 Å². The molecule has 3 heteroatoms. The summed E-state index contributed by atoms with van der Waals surface area (Å²) in [5.41, 5.74) is 0.561. The van der Waals surface area contributed by atoms with Crippen molar-refractivity contribution in [3.8, 4) is 11.5 Å². The predicted octanol–water partition coefficient (Wildman–Crippen LogP) is 2.68. The fourth-order valence-corrected chi connectivity index (χ4v) is 2.05. The molecule has 0 spiro atoms. The van der Waals surface area contributed by atoms with Gasteiger partial charge in [-0.3, -0.25) is 0 Å². The van der Waals surface area contributed by atoms with E-state index in [4.69, 9.17) is 9.47 Å². The van der Waals surface area contributed by atoms with Crippen LogP contribution in [0, 0.1) is 0 Å². The highest BCUT2D eigenvalue weighted by atomic mass is 16.5. The van der Waals surface area contributed by atoms with Gasteiger partial charge in [-0.2, -0.15) is 0 Å². The van der Waals surface area contributed by atoms with Crippen LogP contribution in [-0.4, -0.2) is 17.8 Å². The standard InChI is InChI=1S/C13H18O3/c1-4-13(2)8-11(14)10-7-9(15-3)5-6-12(10)16-13/h5-7,11,14H,4,8H2,1-3H3. The number of methoxy groups -OCH3 is 1. The highest BCUT2D eigenvalue weighted by Crippen LogP contribution is 2.42. The molecule has 0 aliphatic carbocycles. The van der Waals surface area contributed by atoms with Gasteiger partial charge in [0.15, 0.2) is 0 Å². The Hall–Kier alpha value is -1.22. The number of fused-ring (bicyclic) bond motifs is 1. The molecule has 0 bridgehead atoms. The average Bonchev–Trinajstić information content (AvgIpc) is 2.28. The molecule has 0 aromatic heterocycles. The molecule has 0 fully saturated rings. The van der Waals surface area contributed by atoms with E-state index < -0.39 is 6.10 Å². The molecule has 88 valence electrons. The molecule has 2 unspecified atom stereocenters. The number of hydrogen-bond donors (Lipinski definition) is 1. The summed E-state index contributed by atoms with van der Waals surface area (Å²) in [5, 5.41) is 10.1. The molecule has 3 nitrogen and oxygen atoms in total. The maximum atomic E-state index is 10.1. The third kappa shape index (κ3) is 1.87. The van der Waals surface area contributed by atoms with Crippen LogP contribution in [0.1, 0.15) is 38.4 Å². The second kappa shape index (κ2) is 3.98. The Kier molecular flexibility index (Phi) is 2.80. The van der Waals surface area contributed by atoms with Gasteiger partial charge >= 0.3 is 0 Å². The molecule has 1 aromatic carbocycles. The van der Waals surface area contributed by atoms with Gasteiger partial charge in [0.05, 0.1) is 13.2 Å². The number of benzene rings is 1. The van der Waals surface area contributed by atoms with Crippen molar-refractivity contribution in [2.75, 3.05) is 7.11 Å². The fourth-order valence-electron chi connectivity index (χ4n) is 2.05. The zero-order chi connectivity index (χ0) is 11.8. The first kappa shape index (κ1) is 11.3. The molecule has 16 heavy (non-hydrogen) atoms. The third-order valence-electron chi connectivity index (χ3n) is 3.31. The summed E-state index contributed by atoms with van der Waals surface area (Å²) in [7, 11) is 1.62. The van der Waals surface area contributed by atoms with Gasteiger partial charge in [-0.05, 0) is 31.5 Å². The summed E-state index contributed by atoms with van der Waals surface area (Å²) in [4.78, 5) is 0. The molecule has 0 radical (unpaired) electrons. The number of rotatable bonds is 2. The van der Waals surface area contributed by atoms with Gasteiger partial charge in [-0.25, -0.2) is 0 Å². The second-order valence-corrected chi connectivity index (χ2v) is 4.53. The zero-order valence-electron chi connectivity index (χ0n) is 9.99. The van der Waals surface area contributed by atoms with Crippen LogP contribution in [0.25, 0.3) is 0 Å². The first-order valence-electron chi connectivity index (χ1n) is 5.63. The van der Waals surface area contributed by atoms with E-state index in [0.29, 0.717) is 6.42 Å². The quantitative estimate of drug-likeness (QED) is 0.836. The molecule has 2 rings (SSSR count). The average molecular weight is 222 g/mol. The Morgan fingerprint density at radius 2 is 2.31 bits per heavy atom. The summed E-state index contributed by atoms with van der Waals surface area (Å²) < 4.78 is 11.1. The molecule has 1 heterocycles. The molecule has 1 N–H and O–H groups in total. The van der Waals surface area contributed by atoms with E-state index in [2.05, 4.69) is 6.92 Å². The van der Waals surface area contributed by atoms with E-state index in [1.54, 1.807) is 7.11 Å². The Bertz CT molecular complexity index is 389. The Morgan fingerprint density at radius 1 is 1.56 bits per heavy atom. The Balaban J connectivity index is 2.38. The van der Waals surface area contributed by atoms with Gasteiger partial charge in [-0.1, -0.05) is 6.92 Å². The van der Waals surface area contributed by atoms with Gasteiger partial charge in [0, 0.05) is 12.0 Å². The maximum absolute atomic E-state index is 10.1. The molecule has 0 saturated carbocycles. The fraction of sp³-hybridized carbons (Fsp3) is 0.538. The third-order valence-corrected chi connectivity index (χ3v) is 3.31. The second-order valence-electron chi connectivity index (χ2n) is 4.53. The summed E-state index contributed by atoms with van der Waals surface area (Å²) >= 11 is 0. The number of aliphatic hydroxyl groups excluding tert-OH is 1. The number of aliphatic hydroxyl groups is 1. The van der Waals surface area contributed by atoms with Gasteiger partial charge < -0.3 is 14.6 Å². The lowest BCUT2D eigenvalue weighted by Gasteiger charge is -2.37. The molecule has 0 saturated heterocycles. The smallest absolute Gasteiger partial charge is 0.126 e. The Labute approximate surface area is 96.0 Å². The van der Waals surface area contributed by atoms with E-state index >= 15 is 0 Å². The number of hydrogen-bond acceptors (Lipinski definition) is 3. The Morgan fingerprint density at radius 3 is 2.94 bits per heavy atom. The first-order chi connectivity index (χ1) is 7.58. The summed E-state index contributed by atoms with van der Waals surface area (Å²) in [6.45, 7) is 4.10. The van der Waals surface area contributed by atoms with Crippen molar-refractivity contribution < 1.29 is 14.6 Å². The molecule has 0 amide bonds. The van der Waals surface area contributed by atoms with Crippen LogP contribution in [0.3, 0.4) is 0 Å². The lowest BCUT2D eigenvalue weighted by Crippen LogP contribution is -2.37. The van der Waals surface area contributed by atoms with Crippen molar-refractivity contribution in [1.29, 1.82) is 0 Å². The van der Waals surface area contributed by atoms with Crippen molar-refractivity contribution in [3.63, 3.8) is 0 Å². The first-order valence-corrected chi connectivity index (χ1v) is 5.63. The normalized spacial score (nSPS) is 28.1. The van der Waals surface area contributed by atoms with Crippen LogP contribution in [0.4, 0.5) is 0 Å². The minimum atomic E-state index is -0.469. The highest BCUT2D eigenvalue weighted by Gasteiger charge is 2.35. The topological polar surface area (TPSA) is 38.7 Å². The SMILES string of the molecule is CCC1(C)CC(O)c2cc(OC)ccc2O1. The van der Waals surface area contributed by atoms with Gasteiger partial charge in [0.2, 0.25) is 0 Å². The van der Waals surface area contributed by atoms with Crippen LogP contribution in [0.15, 0.2) is 18.2 Å². The van der Waals surface area contributed by atoms with E-state index in [-0.39, 0.29) is 5.60 Å². The molecule has 1 aliphatic heterocycles. The molecular formula is C13H18O3. The van der Waals surface area contributed by atoms with E-state index in [0.717, 1.165) is 23.5 Å². The molecule has 1 aromatic rings. The lowest BCUT2D eigenvalue weighted by atomic mass is 9.88. The largest absolute Gasteiger partial charge is 0.497 e. The van der Waals surface area contributed by atoms with Gasteiger partial charge in [-0.15, -0.1) is 0 Å². The molecule has 2 atom stereocenters. The van der Waals surface area contributed by atoms with Crippen molar-refractivity contribution in [2.24, 2.45) is 0 Å². The molecular weight excluding hydrogens is 204 g/mol. The van der Waals surface area contributed by atoms with E-state index in [1.165, 1.54) is 0 Å². The summed E-state index contributed by atoms with van der Waals surface area (Å²) in [6.07, 6.45) is 1.04. The molecule has 1 aliphatic rings.